The van der Waals surface area contributed by atoms with E-state index in [0.29, 0.717) is 24.3 Å². The van der Waals surface area contributed by atoms with Crippen molar-refractivity contribution in [2.24, 2.45) is 0 Å². The maximum atomic E-state index is 13.5. The zero-order valence-corrected chi connectivity index (χ0v) is 10.8. The summed E-state index contributed by atoms with van der Waals surface area (Å²) in [6.07, 6.45) is 0. The van der Waals surface area contributed by atoms with E-state index >= 15 is 0 Å². The molecule has 4 nitrogen and oxygen atoms in total. The Labute approximate surface area is 106 Å². The highest BCUT2D eigenvalue weighted by Gasteiger charge is 2.34. The molecule has 0 heterocycles. The van der Waals surface area contributed by atoms with Gasteiger partial charge in [0.05, 0.1) is 6.61 Å². The maximum Gasteiger partial charge on any atom is 0.328 e. The van der Waals surface area contributed by atoms with E-state index in [0.717, 1.165) is 0 Å². The molecule has 0 aromatic heterocycles. The van der Waals surface area contributed by atoms with Gasteiger partial charge in [0, 0.05) is 13.7 Å². The summed E-state index contributed by atoms with van der Waals surface area (Å²) in [5, 5.41) is 12.2. The predicted molar refractivity (Wildman–Crippen MR) is 66.0 cm³/mol. The van der Waals surface area contributed by atoms with E-state index in [9.17, 15) is 14.3 Å². The van der Waals surface area contributed by atoms with E-state index < -0.39 is 17.3 Å². The van der Waals surface area contributed by atoms with Crippen LogP contribution in [0.4, 0.5) is 4.39 Å². The van der Waals surface area contributed by atoms with Crippen molar-refractivity contribution >= 4 is 5.97 Å². The topological polar surface area (TPSA) is 58.6 Å². The Bertz CT molecular complexity index is 436. The Morgan fingerprint density at radius 3 is 2.72 bits per heavy atom. The van der Waals surface area contributed by atoms with Crippen LogP contribution in [0.15, 0.2) is 18.2 Å². The minimum Gasteiger partial charge on any atom is -0.480 e. The average molecular weight is 255 g/mol. The molecule has 100 valence electrons. The molecule has 18 heavy (non-hydrogen) atoms. The molecule has 1 unspecified atom stereocenters. The monoisotopic (exact) mass is 255 g/mol. The Hall–Kier alpha value is -1.46. The van der Waals surface area contributed by atoms with Gasteiger partial charge in [-0.05, 0) is 31.0 Å². The highest BCUT2D eigenvalue weighted by Crippen LogP contribution is 2.23. The lowest BCUT2D eigenvalue weighted by molar-refractivity contribution is -0.144. The fraction of sp³-hybridized carbons (Fsp3) is 0.462. The second kappa shape index (κ2) is 5.93. The van der Waals surface area contributed by atoms with Crippen molar-refractivity contribution in [2.45, 2.75) is 19.4 Å². The molecule has 0 saturated heterocycles. The van der Waals surface area contributed by atoms with Crippen molar-refractivity contribution in [3.8, 4) is 0 Å². The van der Waals surface area contributed by atoms with Gasteiger partial charge in [-0.2, -0.15) is 0 Å². The number of ether oxygens (including phenoxy) is 1. The number of aliphatic carboxylic acids is 1. The van der Waals surface area contributed by atoms with E-state index in [4.69, 9.17) is 4.74 Å². The highest BCUT2D eigenvalue weighted by molar-refractivity contribution is 5.80. The SMILES string of the molecule is COCCNC(C)(C(=O)O)c1ccc(C)c(F)c1. The molecule has 0 aliphatic heterocycles. The fourth-order valence-electron chi connectivity index (χ4n) is 1.61. The summed E-state index contributed by atoms with van der Waals surface area (Å²) < 4.78 is 18.4. The van der Waals surface area contributed by atoms with Gasteiger partial charge in [-0.1, -0.05) is 12.1 Å². The molecule has 0 fully saturated rings. The first kappa shape index (κ1) is 14.6. The van der Waals surface area contributed by atoms with Crippen molar-refractivity contribution in [1.82, 2.24) is 5.32 Å². The van der Waals surface area contributed by atoms with E-state index in [-0.39, 0.29) is 0 Å². The summed E-state index contributed by atoms with van der Waals surface area (Å²) in [7, 11) is 1.53. The van der Waals surface area contributed by atoms with Gasteiger partial charge in [0.2, 0.25) is 0 Å². The van der Waals surface area contributed by atoms with Crippen LogP contribution in [0.25, 0.3) is 0 Å². The zero-order valence-electron chi connectivity index (χ0n) is 10.8. The van der Waals surface area contributed by atoms with Gasteiger partial charge in [0.25, 0.3) is 0 Å². The number of carboxylic acid groups (broad SMARTS) is 1. The number of aryl methyl sites for hydroxylation is 1. The van der Waals surface area contributed by atoms with Crippen LogP contribution < -0.4 is 5.32 Å². The minimum atomic E-state index is -1.33. The first-order chi connectivity index (χ1) is 8.41. The molecule has 0 amide bonds. The fourth-order valence-corrected chi connectivity index (χ4v) is 1.61. The Balaban J connectivity index is 3.02. The van der Waals surface area contributed by atoms with Crippen molar-refractivity contribution in [3.63, 3.8) is 0 Å². The first-order valence-electron chi connectivity index (χ1n) is 5.66. The van der Waals surface area contributed by atoms with Gasteiger partial charge < -0.3 is 9.84 Å². The third-order valence-electron chi connectivity index (χ3n) is 2.96. The molecule has 0 bridgehead atoms. The van der Waals surface area contributed by atoms with E-state index in [1.54, 1.807) is 19.1 Å². The van der Waals surface area contributed by atoms with Crippen LogP contribution in [-0.2, 0) is 15.1 Å². The molecule has 1 atom stereocenters. The minimum absolute atomic E-state index is 0.370. The number of carboxylic acids is 1. The average Bonchev–Trinajstić information content (AvgIpc) is 2.32. The summed E-state index contributed by atoms with van der Waals surface area (Å²) in [6, 6.07) is 4.44. The molecule has 1 rings (SSSR count). The van der Waals surface area contributed by atoms with E-state index in [2.05, 4.69) is 5.32 Å². The van der Waals surface area contributed by atoms with Crippen LogP contribution in [0.5, 0.6) is 0 Å². The second-order valence-electron chi connectivity index (χ2n) is 4.31. The van der Waals surface area contributed by atoms with Crippen molar-refractivity contribution in [3.05, 3.63) is 35.1 Å². The summed E-state index contributed by atoms with van der Waals surface area (Å²) in [5.74, 6) is -1.46. The number of hydrogen-bond acceptors (Lipinski definition) is 3. The lowest BCUT2D eigenvalue weighted by Crippen LogP contribution is -2.47. The molecule has 0 radical (unpaired) electrons. The molecule has 0 spiro atoms. The summed E-state index contributed by atoms with van der Waals surface area (Å²) in [4.78, 5) is 11.4. The van der Waals surface area contributed by atoms with Crippen LogP contribution in [0.1, 0.15) is 18.1 Å². The molecule has 0 aliphatic rings. The third-order valence-corrected chi connectivity index (χ3v) is 2.96. The zero-order chi connectivity index (χ0) is 13.8. The first-order valence-corrected chi connectivity index (χ1v) is 5.66. The normalized spacial score (nSPS) is 14.2. The standard InChI is InChI=1S/C13H18FNO3/c1-9-4-5-10(8-11(9)14)13(2,12(16)17)15-6-7-18-3/h4-5,8,15H,6-7H2,1-3H3,(H,16,17). The number of carbonyl (C=O) groups is 1. The highest BCUT2D eigenvalue weighted by atomic mass is 19.1. The number of nitrogens with one attached hydrogen (secondary N) is 1. The van der Waals surface area contributed by atoms with Crippen molar-refractivity contribution < 1.29 is 19.0 Å². The maximum absolute atomic E-state index is 13.5. The van der Waals surface area contributed by atoms with Crippen LogP contribution in [0.2, 0.25) is 0 Å². The summed E-state index contributed by atoms with van der Waals surface area (Å²) >= 11 is 0. The quantitative estimate of drug-likeness (QED) is 0.759. The van der Waals surface area contributed by atoms with Crippen LogP contribution >= 0.6 is 0 Å². The molecule has 1 aromatic rings. The third kappa shape index (κ3) is 3.05. The number of benzene rings is 1. The molecule has 1 aromatic carbocycles. The predicted octanol–water partition coefficient (Wildman–Crippen LogP) is 1.67. The van der Waals surface area contributed by atoms with Gasteiger partial charge in [0.1, 0.15) is 11.4 Å². The number of rotatable bonds is 6. The Kier molecular flexibility index (Phi) is 4.81. The van der Waals surface area contributed by atoms with Gasteiger partial charge in [-0.15, -0.1) is 0 Å². The molecular formula is C13H18FNO3. The smallest absolute Gasteiger partial charge is 0.328 e. The van der Waals surface area contributed by atoms with E-state index in [1.807, 2.05) is 0 Å². The molecule has 0 aliphatic carbocycles. The number of halogens is 1. The lowest BCUT2D eigenvalue weighted by Gasteiger charge is -2.27. The van der Waals surface area contributed by atoms with Crippen molar-refractivity contribution in [1.29, 1.82) is 0 Å². The van der Waals surface area contributed by atoms with Gasteiger partial charge in [-0.25, -0.2) is 9.18 Å². The number of hydrogen-bond donors (Lipinski definition) is 2. The molecule has 5 heteroatoms. The Morgan fingerprint density at radius 2 is 2.22 bits per heavy atom. The molecule has 2 N–H and O–H groups in total. The van der Waals surface area contributed by atoms with Crippen LogP contribution in [0.3, 0.4) is 0 Å². The largest absolute Gasteiger partial charge is 0.480 e. The van der Waals surface area contributed by atoms with Crippen LogP contribution in [0, 0.1) is 12.7 Å². The lowest BCUT2D eigenvalue weighted by atomic mass is 9.91. The summed E-state index contributed by atoms with van der Waals surface area (Å²) in [5.41, 5.74) is -0.454. The van der Waals surface area contributed by atoms with Crippen molar-refractivity contribution in [2.75, 3.05) is 20.3 Å². The second-order valence-corrected chi connectivity index (χ2v) is 4.31. The molecule has 0 saturated carbocycles. The Morgan fingerprint density at radius 1 is 1.56 bits per heavy atom. The van der Waals surface area contributed by atoms with Gasteiger partial charge in [-0.3, -0.25) is 5.32 Å². The van der Waals surface area contributed by atoms with Crippen LogP contribution in [-0.4, -0.2) is 31.3 Å². The molecular weight excluding hydrogens is 237 g/mol. The van der Waals surface area contributed by atoms with Gasteiger partial charge >= 0.3 is 5.97 Å². The van der Waals surface area contributed by atoms with E-state index in [1.165, 1.54) is 20.1 Å². The van der Waals surface area contributed by atoms with Gasteiger partial charge in [0.15, 0.2) is 0 Å². The summed E-state index contributed by atoms with van der Waals surface area (Å²) in [6.45, 7) is 3.90. The number of methoxy groups -OCH3 is 1.